The van der Waals surface area contributed by atoms with Crippen molar-refractivity contribution in [3.8, 4) is 0 Å². The zero-order valence-corrected chi connectivity index (χ0v) is 15.4. The Balaban J connectivity index is 1.70. The molecule has 1 atom stereocenters. The predicted octanol–water partition coefficient (Wildman–Crippen LogP) is 2.03. The molecule has 1 N–H and O–H groups in total. The summed E-state index contributed by atoms with van der Waals surface area (Å²) >= 11 is 0. The van der Waals surface area contributed by atoms with Crippen molar-refractivity contribution in [1.29, 1.82) is 0 Å². The van der Waals surface area contributed by atoms with Gasteiger partial charge in [0.25, 0.3) is 5.56 Å². The highest BCUT2D eigenvalue weighted by Crippen LogP contribution is 2.22. The van der Waals surface area contributed by atoms with E-state index >= 15 is 0 Å². The highest BCUT2D eigenvalue weighted by Gasteiger charge is 2.26. The summed E-state index contributed by atoms with van der Waals surface area (Å²) in [4.78, 5) is 26.8. The molecule has 1 saturated heterocycles. The monoisotopic (exact) mass is 354 g/mol. The molecule has 1 amide bonds. The van der Waals surface area contributed by atoms with E-state index in [-0.39, 0.29) is 23.4 Å². The first-order valence-corrected chi connectivity index (χ1v) is 9.19. The van der Waals surface area contributed by atoms with Crippen LogP contribution >= 0.6 is 0 Å². The van der Waals surface area contributed by atoms with Crippen LogP contribution in [0.4, 0.5) is 5.69 Å². The van der Waals surface area contributed by atoms with Gasteiger partial charge in [0.15, 0.2) is 0 Å². The van der Waals surface area contributed by atoms with Crippen molar-refractivity contribution in [2.24, 2.45) is 5.92 Å². The van der Waals surface area contributed by atoms with Crippen molar-refractivity contribution in [2.45, 2.75) is 39.3 Å². The first kappa shape index (κ1) is 18.2. The van der Waals surface area contributed by atoms with E-state index in [1.54, 1.807) is 12.3 Å². The lowest BCUT2D eigenvalue weighted by Gasteiger charge is -2.33. The van der Waals surface area contributed by atoms with Crippen LogP contribution in [0.5, 0.6) is 0 Å². The van der Waals surface area contributed by atoms with Gasteiger partial charge in [0.1, 0.15) is 0 Å². The Labute approximate surface area is 153 Å². The van der Waals surface area contributed by atoms with E-state index < -0.39 is 0 Å². The van der Waals surface area contributed by atoms with Crippen molar-refractivity contribution >= 4 is 11.6 Å². The molecule has 3 rings (SSSR count). The zero-order chi connectivity index (χ0) is 18.5. The van der Waals surface area contributed by atoms with Crippen LogP contribution in [0.15, 0.2) is 47.4 Å². The summed E-state index contributed by atoms with van der Waals surface area (Å²) in [5.41, 5.74) is 1.71. The molecule has 0 spiro atoms. The molecule has 1 aromatic carbocycles. The number of nitrogens with zero attached hydrogens (tertiary/aromatic N) is 3. The first-order chi connectivity index (χ1) is 12.5. The third-order valence-electron chi connectivity index (χ3n) is 4.62. The summed E-state index contributed by atoms with van der Waals surface area (Å²) in [5.74, 6) is 0.0491. The molecular formula is C20H26N4O2. The van der Waals surface area contributed by atoms with Gasteiger partial charge in [0.05, 0.1) is 24.3 Å². The second kappa shape index (κ2) is 8.17. The third-order valence-corrected chi connectivity index (χ3v) is 4.62. The number of hydrogen-bond acceptors (Lipinski definition) is 4. The minimum absolute atomic E-state index is 0.0436. The van der Waals surface area contributed by atoms with Gasteiger partial charge in [-0.25, -0.2) is 4.68 Å². The number of carbonyl (C=O) groups is 1. The smallest absolute Gasteiger partial charge is 0.269 e. The van der Waals surface area contributed by atoms with Crippen molar-refractivity contribution in [1.82, 2.24) is 15.1 Å². The van der Waals surface area contributed by atoms with Gasteiger partial charge in [-0.15, -0.1) is 0 Å². The van der Waals surface area contributed by atoms with Crippen LogP contribution in [0.3, 0.4) is 0 Å². The third kappa shape index (κ3) is 4.50. The molecule has 1 fully saturated rings. The number of amides is 1. The number of aromatic nitrogens is 2. The highest BCUT2D eigenvalue weighted by atomic mass is 16.2. The summed E-state index contributed by atoms with van der Waals surface area (Å²) in [6, 6.07) is 11.6. The van der Waals surface area contributed by atoms with Crippen molar-refractivity contribution < 1.29 is 4.79 Å². The fourth-order valence-corrected chi connectivity index (χ4v) is 3.30. The van der Waals surface area contributed by atoms with Gasteiger partial charge in [-0.2, -0.15) is 5.10 Å². The zero-order valence-electron chi connectivity index (χ0n) is 15.4. The van der Waals surface area contributed by atoms with Gasteiger partial charge in [-0.1, -0.05) is 30.3 Å². The van der Waals surface area contributed by atoms with E-state index in [0.29, 0.717) is 13.1 Å². The van der Waals surface area contributed by atoms with Crippen LogP contribution in [0.25, 0.3) is 0 Å². The molecule has 138 valence electrons. The maximum absolute atomic E-state index is 12.4. The Morgan fingerprint density at radius 3 is 2.77 bits per heavy atom. The average molecular weight is 354 g/mol. The molecule has 1 aliphatic heterocycles. The standard InChI is InChI=1S/C20H26N4O2/c1-15(2)22-20(26)17-9-6-10-23(14-17)18-11-19(25)24(21-12-18)13-16-7-4-3-5-8-16/h3-5,7-8,11-12,15,17H,6,9-10,13-14H2,1-2H3,(H,22,26). The lowest BCUT2D eigenvalue weighted by atomic mass is 9.96. The van der Waals surface area contributed by atoms with E-state index in [1.165, 1.54) is 4.68 Å². The number of carbonyl (C=O) groups excluding carboxylic acids is 1. The quantitative estimate of drug-likeness (QED) is 0.892. The predicted molar refractivity (Wildman–Crippen MR) is 102 cm³/mol. The van der Waals surface area contributed by atoms with E-state index in [2.05, 4.69) is 15.3 Å². The summed E-state index contributed by atoms with van der Waals surface area (Å²) in [7, 11) is 0. The number of anilines is 1. The molecule has 2 heterocycles. The second-order valence-electron chi connectivity index (χ2n) is 7.14. The van der Waals surface area contributed by atoms with Gasteiger partial charge in [-0.3, -0.25) is 9.59 Å². The maximum atomic E-state index is 12.4. The van der Waals surface area contributed by atoms with E-state index in [4.69, 9.17) is 0 Å². The molecule has 1 aromatic heterocycles. The van der Waals surface area contributed by atoms with Crippen LogP contribution in [0, 0.1) is 5.92 Å². The largest absolute Gasteiger partial charge is 0.369 e. The van der Waals surface area contributed by atoms with Crippen molar-refractivity contribution in [2.75, 3.05) is 18.0 Å². The Morgan fingerprint density at radius 2 is 2.08 bits per heavy atom. The molecule has 1 aliphatic rings. The molecule has 0 radical (unpaired) electrons. The molecule has 0 aliphatic carbocycles. The Hall–Kier alpha value is -2.63. The lowest BCUT2D eigenvalue weighted by Crippen LogP contribution is -2.45. The maximum Gasteiger partial charge on any atom is 0.269 e. The number of benzene rings is 1. The van der Waals surface area contributed by atoms with Gasteiger partial charge >= 0.3 is 0 Å². The summed E-state index contributed by atoms with van der Waals surface area (Å²) in [6.07, 6.45) is 3.55. The average Bonchev–Trinajstić information content (AvgIpc) is 2.64. The van der Waals surface area contributed by atoms with Gasteiger partial charge in [-0.05, 0) is 32.3 Å². The van der Waals surface area contributed by atoms with Crippen LogP contribution in [0.2, 0.25) is 0 Å². The molecule has 1 unspecified atom stereocenters. The van der Waals surface area contributed by atoms with Gasteiger partial charge < -0.3 is 10.2 Å². The molecule has 0 bridgehead atoms. The minimum atomic E-state index is -0.125. The van der Waals surface area contributed by atoms with E-state index in [9.17, 15) is 9.59 Å². The lowest BCUT2D eigenvalue weighted by molar-refractivity contribution is -0.125. The summed E-state index contributed by atoms with van der Waals surface area (Å²) in [5, 5.41) is 7.31. The SMILES string of the molecule is CC(C)NC(=O)C1CCCN(c2cnn(Cc3ccccc3)c(=O)c2)C1. The fraction of sp³-hybridized carbons (Fsp3) is 0.450. The highest BCUT2D eigenvalue weighted by molar-refractivity contribution is 5.79. The molecule has 6 nitrogen and oxygen atoms in total. The Kier molecular flexibility index (Phi) is 5.71. The summed E-state index contributed by atoms with van der Waals surface area (Å²) in [6.45, 7) is 5.86. The summed E-state index contributed by atoms with van der Waals surface area (Å²) < 4.78 is 1.46. The van der Waals surface area contributed by atoms with Crippen LogP contribution in [0.1, 0.15) is 32.3 Å². The first-order valence-electron chi connectivity index (χ1n) is 9.19. The molecule has 2 aromatic rings. The van der Waals surface area contributed by atoms with Crippen LogP contribution in [-0.4, -0.2) is 34.8 Å². The molecular weight excluding hydrogens is 328 g/mol. The van der Waals surface area contributed by atoms with Crippen LogP contribution in [-0.2, 0) is 11.3 Å². The Bertz CT molecular complexity index is 801. The van der Waals surface area contributed by atoms with Crippen molar-refractivity contribution in [3.63, 3.8) is 0 Å². The van der Waals surface area contributed by atoms with E-state index in [0.717, 1.165) is 30.6 Å². The molecule has 26 heavy (non-hydrogen) atoms. The number of rotatable bonds is 5. The minimum Gasteiger partial charge on any atom is -0.369 e. The Morgan fingerprint density at radius 1 is 1.31 bits per heavy atom. The van der Waals surface area contributed by atoms with E-state index in [1.807, 2.05) is 44.2 Å². The molecule has 6 heteroatoms. The van der Waals surface area contributed by atoms with Gasteiger partial charge in [0.2, 0.25) is 5.91 Å². The fourth-order valence-electron chi connectivity index (χ4n) is 3.30. The normalized spacial score (nSPS) is 17.3. The number of nitrogens with one attached hydrogen (secondary N) is 1. The van der Waals surface area contributed by atoms with Gasteiger partial charge in [0, 0.05) is 25.2 Å². The topological polar surface area (TPSA) is 67.2 Å². The number of hydrogen-bond donors (Lipinski definition) is 1. The van der Waals surface area contributed by atoms with Crippen molar-refractivity contribution in [3.05, 3.63) is 58.5 Å². The second-order valence-corrected chi connectivity index (χ2v) is 7.14. The molecule has 0 saturated carbocycles. The van der Waals surface area contributed by atoms with Crippen LogP contribution < -0.4 is 15.8 Å². The number of piperidine rings is 1.